The predicted molar refractivity (Wildman–Crippen MR) is 88.4 cm³/mol. The summed E-state index contributed by atoms with van der Waals surface area (Å²) in [5, 5.41) is 16.7. The van der Waals surface area contributed by atoms with Gasteiger partial charge in [0.25, 0.3) is 0 Å². The first kappa shape index (κ1) is 16.0. The van der Waals surface area contributed by atoms with Gasteiger partial charge in [-0.3, -0.25) is 9.78 Å². The quantitative estimate of drug-likeness (QED) is 0.852. The van der Waals surface area contributed by atoms with Crippen molar-refractivity contribution in [3.63, 3.8) is 0 Å². The number of hydrogen-bond acceptors (Lipinski definition) is 5. The summed E-state index contributed by atoms with van der Waals surface area (Å²) < 4.78 is 5.22. The highest BCUT2D eigenvalue weighted by Gasteiger charge is 2.36. The monoisotopic (exact) mass is 332 g/mol. The molecule has 23 heavy (non-hydrogen) atoms. The van der Waals surface area contributed by atoms with Crippen LogP contribution in [0, 0.1) is 5.92 Å². The number of aliphatic hydroxyl groups is 1. The maximum atomic E-state index is 12.4. The number of thiophene rings is 1. The van der Waals surface area contributed by atoms with Gasteiger partial charge in [0.1, 0.15) is 5.75 Å². The third-order valence-corrected chi connectivity index (χ3v) is 4.94. The van der Waals surface area contributed by atoms with Crippen molar-refractivity contribution in [3.8, 4) is 5.75 Å². The maximum Gasteiger partial charge on any atom is 0.224 e. The molecule has 1 aliphatic carbocycles. The molecule has 5 nitrogen and oxygen atoms in total. The standard InChI is InChI=1S/C17H20N2O3S/c1-22-15-7-13(8-18-9-15)17(12-5-14(20)6-12)19-16(21)4-11-2-3-23-10-11/h2-3,7-10,12,14,17,20H,4-6H2,1H3,(H,19,21)/t12?,14?,17-/m1/s1. The van der Waals surface area contributed by atoms with Crippen molar-refractivity contribution in [1.29, 1.82) is 0 Å². The number of carbonyl (C=O) groups is 1. The van der Waals surface area contributed by atoms with E-state index in [4.69, 9.17) is 4.74 Å². The Morgan fingerprint density at radius 3 is 3.00 bits per heavy atom. The van der Waals surface area contributed by atoms with E-state index in [1.54, 1.807) is 30.8 Å². The van der Waals surface area contributed by atoms with Crippen molar-refractivity contribution in [2.24, 2.45) is 5.92 Å². The number of rotatable bonds is 6. The summed E-state index contributed by atoms with van der Waals surface area (Å²) in [6, 6.07) is 3.71. The van der Waals surface area contributed by atoms with Gasteiger partial charge in [-0.1, -0.05) is 0 Å². The van der Waals surface area contributed by atoms with Gasteiger partial charge in [-0.05, 0) is 52.8 Å². The lowest BCUT2D eigenvalue weighted by Crippen LogP contribution is -2.41. The van der Waals surface area contributed by atoms with Gasteiger partial charge in [-0.2, -0.15) is 11.3 Å². The number of nitrogens with one attached hydrogen (secondary N) is 1. The highest BCUT2D eigenvalue weighted by molar-refractivity contribution is 7.07. The van der Waals surface area contributed by atoms with Crippen LogP contribution in [0.3, 0.4) is 0 Å². The molecule has 2 N–H and O–H groups in total. The van der Waals surface area contributed by atoms with E-state index in [-0.39, 0.29) is 24.0 Å². The molecule has 0 aliphatic heterocycles. The van der Waals surface area contributed by atoms with Crippen LogP contribution < -0.4 is 10.1 Å². The van der Waals surface area contributed by atoms with E-state index >= 15 is 0 Å². The second-order valence-electron chi connectivity index (χ2n) is 5.90. The maximum absolute atomic E-state index is 12.4. The van der Waals surface area contributed by atoms with Crippen LogP contribution >= 0.6 is 11.3 Å². The largest absolute Gasteiger partial charge is 0.495 e. The van der Waals surface area contributed by atoms with Gasteiger partial charge in [0, 0.05) is 6.20 Å². The third-order valence-electron chi connectivity index (χ3n) is 4.21. The minimum Gasteiger partial charge on any atom is -0.495 e. The number of amides is 1. The van der Waals surface area contributed by atoms with E-state index in [0.717, 1.165) is 11.1 Å². The normalized spacial score (nSPS) is 21.3. The average Bonchev–Trinajstić information content (AvgIpc) is 3.03. The van der Waals surface area contributed by atoms with Gasteiger partial charge in [0.2, 0.25) is 5.91 Å². The second-order valence-corrected chi connectivity index (χ2v) is 6.68. The van der Waals surface area contributed by atoms with Crippen molar-refractivity contribution < 1.29 is 14.6 Å². The molecule has 122 valence electrons. The van der Waals surface area contributed by atoms with Gasteiger partial charge in [-0.15, -0.1) is 0 Å². The highest BCUT2D eigenvalue weighted by atomic mass is 32.1. The summed E-state index contributed by atoms with van der Waals surface area (Å²) in [7, 11) is 1.60. The Morgan fingerprint density at radius 1 is 1.52 bits per heavy atom. The molecule has 0 saturated heterocycles. The Morgan fingerprint density at radius 2 is 2.35 bits per heavy atom. The molecule has 3 rings (SSSR count). The van der Waals surface area contributed by atoms with E-state index < -0.39 is 0 Å². The number of carbonyl (C=O) groups excluding carboxylic acids is 1. The molecule has 0 unspecified atom stereocenters. The molecule has 1 saturated carbocycles. The molecule has 0 aromatic carbocycles. The summed E-state index contributed by atoms with van der Waals surface area (Å²) in [4.78, 5) is 16.5. The third kappa shape index (κ3) is 3.89. The van der Waals surface area contributed by atoms with Crippen LogP contribution in [0.1, 0.15) is 30.0 Å². The minimum atomic E-state index is -0.269. The Labute approximate surface area is 139 Å². The predicted octanol–water partition coefficient (Wildman–Crippen LogP) is 2.32. The zero-order valence-corrected chi connectivity index (χ0v) is 13.8. The molecular formula is C17H20N2O3S. The van der Waals surface area contributed by atoms with Crippen LogP contribution in [-0.4, -0.2) is 29.2 Å². The molecule has 2 aromatic heterocycles. The summed E-state index contributed by atoms with van der Waals surface area (Å²) in [6.07, 6.45) is 4.88. The molecule has 1 amide bonds. The van der Waals surface area contributed by atoms with Gasteiger partial charge in [0.15, 0.2) is 0 Å². The van der Waals surface area contributed by atoms with Crippen LogP contribution in [0.5, 0.6) is 5.75 Å². The van der Waals surface area contributed by atoms with Crippen LogP contribution in [0.15, 0.2) is 35.3 Å². The van der Waals surface area contributed by atoms with E-state index in [0.29, 0.717) is 25.0 Å². The SMILES string of the molecule is COc1cncc([C@H](NC(=O)Cc2ccsc2)C2CC(O)C2)c1. The number of hydrogen-bond donors (Lipinski definition) is 2. The minimum absolute atomic E-state index is 0.0161. The first-order chi connectivity index (χ1) is 11.2. The summed E-state index contributed by atoms with van der Waals surface area (Å²) in [6.45, 7) is 0. The Kier molecular flexibility index (Phi) is 4.93. The topological polar surface area (TPSA) is 71.5 Å². The summed E-state index contributed by atoms with van der Waals surface area (Å²) >= 11 is 1.58. The lowest BCUT2D eigenvalue weighted by molar-refractivity contribution is -0.122. The van der Waals surface area contributed by atoms with E-state index in [1.807, 2.05) is 22.9 Å². The zero-order valence-electron chi connectivity index (χ0n) is 12.9. The van der Waals surface area contributed by atoms with Crippen LogP contribution in [0.2, 0.25) is 0 Å². The lowest BCUT2D eigenvalue weighted by atomic mass is 9.75. The van der Waals surface area contributed by atoms with Gasteiger partial charge < -0.3 is 15.2 Å². The van der Waals surface area contributed by atoms with Crippen molar-refractivity contribution in [2.45, 2.75) is 31.4 Å². The molecule has 0 spiro atoms. The fraction of sp³-hybridized carbons (Fsp3) is 0.412. The molecule has 1 fully saturated rings. The fourth-order valence-corrected chi connectivity index (χ4v) is 3.56. The molecule has 1 atom stereocenters. The summed E-state index contributed by atoms with van der Waals surface area (Å²) in [5.41, 5.74) is 1.93. The number of nitrogens with zero attached hydrogens (tertiary/aromatic N) is 1. The number of pyridine rings is 1. The van der Waals surface area contributed by atoms with Crippen LogP contribution in [-0.2, 0) is 11.2 Å². The van der Waals surface area contributed by atoms with Gasteiger partial charge >= 0.3 is 0 Å². The molecule has 1 aliphatic rings. The smallest absolute Gasteiger partial charge is 0.224 e. The highest BCUT2D eigenvalue weighted by Crippen LogP contribution is 2.38. The van der Waals surface area contributed by atoms with E-state index in [2.05, 4.69) is 10.3 Å². The van der Waals surface area contributed by atoms with Crippen LogP contribution in [0.4, 0.5) is 0 Å². The first-order valence-electron chi connectivity index (χ1n) is 7.63. The molecule has 0 radical (unpaired) electrons. The number of ether oxygens (including phenoxy) is 1. The molecule has 6 heteroatoms. The molecular weight excluding hydrogens is 312 g/mol. The molecule has 2 aromatic rings. The Balaban J connectivity index is 1.74. The molecule has 2 heterocycles. The van der Waals surface area contributed by atoms with E-state index in [9.17, 15) is 9.90 Å². The van der Waals surface area contributed by atoms with Crippen molar-refractivity contribution in [3.05, 3.63) is 46.4 Å². The zero-order chi connectivity index (χ0) is 16.2. The molecule has 0 bridgehead atoms. The van der Waals surface area contributed by atoms with Gasteiger partial charge in [-0.25, -0.2) is 0 Å². The Bertz CT molecular complexity index is 654. The van der Waals surface area contributed by atoms with E-state index in [1.165, 1.54) is 0 Å². The number of aliphatic hydroxyl groups excluding tert-OH is 1. The average molecular weight is 332 g/mol. The number of aromatic nitrogens is 1. The first-order valence-corrected chi connectivity index (χ1v) is 8.57. The number of methoxy groups -OCH3 is 1. The lowest BCUT2D eigenvalue weighted by Gasteiger charge is -2.38. The van der Waals surface area contributed by atoms with Crippen molar-refractivity contribution in [1.82, 2.24) is 10.3 Å². The van der Waals surface area contributed by atoms with Crippen LogP contribution in [0.25, 0.3) is 0 Å². The summed E-state index contributed by atoms with van der Waals surface area (Å²) in [5.74, 6) is 0.877. The second kappa shape index (κ2) is 7.10. The van der Waals surface area contributed by atoms with Crippen molar-refractivity contribution in [2.75, 3.05) is 7.11 Å². The van der Waals surface area contributed by atoms with Crippen molar-refractivity contribution >= 4 is 17.2 Å². The fourth-order valence-electron chi connectivity index (χ4n) is 2.90. The van der Waals surface area contributed by atoms with Gasteiger partial charge in [0.05, 0.1) is 31.9 Å². The Hall–Kier alpha value is -1.92.